The van der Waals surface area contributed by atoms with Crippen molar-refractivity contribution in [3.05, 3.63) is 65.2 Å². The number of hydrogen-bond acceptors (Lipinski definition) is 6. The van der Waals surface area contributed by atoms with Crippen molar-refractivity contribution in [1.29, 1.82) is 0 Å². The summed E-state index contributed by atoms with van der Waals surface area (Å²) in [6.45, 7) is 1.83. The van der Waals surface area contributed by atoms with E-state index in [-0.39, 0.29) is 10.8 Å². The van der Waals surface area contributed by atoms with Crippen molar-refractivity contribution in [2.45, 2.75) is 11.8 Å². The van der Waals surface area contributed by atoms with Gasteiger partial charge in [0.05, 0.1) is 23.4 Å². The number of ether oxygens (including phenoxy) is 1. The Labute approximate surface area is 161 Å². The van der Waals surface area contributed by atoms with Crippen LogP contribution in [0.4, 0.5) is 10.8 Å². The van der Waals surface area contributed by atoms with E-state index in [1.807, 2.05) is 12.3 Å². The number of rotatable bonds is 6. The summed E-state index contributed by atoms with van der Waals surface area (Å²) in [4.78, 5) is 16.4. The lowest BCUT2D eigenvalue weighted by Crippen LogP contribution is -2.15. The number of nitrogens with zero attached hydrogens (tertiary/aromatic N) is 1. The van der Waals surface area contributed by atoms with Crippen LogP contribution in [0.5, 0.6) is 5.75 Å². The maximum atomic E-state index is 12.6. The van der Waals surface area contributed by atoms with E-state index < -0.39 is 10.0 Å². The molecule has 27 heavy (non-hydrogen) atoms. The molecule has 7 nitrogen and oxygen atoms in total. The molecule has 2 N–H and O–H groups in total. The molecular weight excluding hydrogens is 386 g/mol. The first-order valence-electron chi connectivity index (χ1n) is 7.88. The van der Waals surface area contributed by atoms with E-state index in [1.165, 1.54) is 42.7 Å². The molecule has 3 rings (SSSR count). The second-order valence-corrected chi connectivity index (χ2v) is 8.12. The number of para-hydroxylation sites is 2. The standard InChI is InChI=1S/C18H17N3O4S2/c1-12-11-26-18(19-12)20-17(22)13-7-9-14(10-8-13)27(23,24)21-15-5-3-4-6-16(15)25-2/h3-11,21H,1-2H3,(H,19,20,22). The van der Waals surface area contributed by atoms with Crippen LogP contribution in [0.1, 0.15) is 16.1 Å². The number of methoxy groups -OCH3 is 1. The molecule has 0 unspecified atom stereocenters. The first-order valence-corrected chi connectivity index (χ1v) is 10.2. The van der Waals surface area contributed by atoms with E-state index in [0.29, 0.717) is 22.1 Å². The van der Waals surface area contributed by atoms with Crippen LogP contribution >= 0.6 is 11.3 Å². The normalized spacial score (nSPS) is 11.0. The Morgan fingerprint density at radius 2 is 1.81 bits per heavy atom. The molecule has 1 heterocycles. The van der Waals surface area contributed by atoms with E-state index in [2.05, 4.69) is 15.0 Å². The summed E-state index contributed by atoms with van der Waals surface area (Å²) in [6, 6.07) is 12.4. The van der Waals surface area contributed by atoms with Crippen LogP contribution in [-0.2, 0) is 10.0 Å². The van der Waals surface area contributed by atoms with Crippen LogP contribution in [0.3, 0.4) is 0 Å². The predicted molar refractivity (Wildman–Crippen MR) is 105 cm³/mol. The zero-order valence-corrected chi connectivity index (χ0v) is 16.2. The zero-order valence-electron chi connectivity index (χ0n) is 14.6. The van der Waals surface area contributed by atoms with Gasteiger partial charge in [0.2, 0.25) is 0 Å². The maximum absolute atomic E-state index is 12.6. The fourth-order valence-electron chi connectivity index (χ4n) is 2.30. The summed E-state index contributed by atoms with van der Waals surface area (Å²) in [5.74, 6) is 0.0572. The number of anilines is 2. The molecule has 140 valence electrons. The van der Waals surface area contributed by atoms with E-state index in [0.717, 1.165) is 5.69 Å². The van der Waals surface area contributed by atoms with E-state index in [4.69, 9.17) is 4.74 Å². The van der Waals surface area contributed by atoms with Crippen molar-refractivity contribution < 1.29 is 17.9 Å². The Kier molecular flexibility index (Phi) is 5.43. The van der Waals surface area contributed by atoms with Crippen LogP contribution in [0.15, 0.2) is 58.8 Å². The largest absolute Gasteiger partial charge is 0.495 e. The Hall–Kier alpha value is -2.91. The molecule has 0 atom stereocenters. The third-order valence-corrected chi connectivity index (χ3v) is 5.87. The van der Waals surface area contributed by atoms with Gasteiger partial charge < -0.3 is 4.74 Å². The number of nitrogens with one attached hydrogen (secondary N) is 2. The topological polar surface area (TPSA) is 97.4 Å². The van der Waals surface area contributed by atoms with Gasteiger partial charge in [0.1, 0.15) is 5.75 Å². The second-order valence-electron chi connectivity index (χ2n) is 5.58. The highest BCUT2D eigenvalue weighted by Crippen LogP contribution is 2.26. The lowest BCUT2D eigenvalue weighted by molar-refractivity contribution is 0.102. The van der Waals surface area contributed by atoms with Crippen molar-refractivity contribution in [3.63, 3.8) is 0 Å². The number of benzene rings is 2. The van der Waals surface area contributed by atoms with E-state index >= 15 is 0 Å². The number of carbonyl (C=O) groups is 1. The van der Waals surface area contributed by atoms with Crippen LogP contribution in [0, 0.1) is 6.92 Å². The molecule has 3 aromatic rings. The summed E-state index contributed by atoms with van der Waals surface area (Å²) in [5, 5.41) is 5.00. The van der Waals surface area contributed by atoms with Crippen molar-refractivity contribution in [2.75, 3.05) is 17.1 Å². The fourth-order valence-corrected chi connectivity index (χ4v) is 4.05. The first kappa shape index (κ1) is 18.9. The molecule has 9 heteroatoms. The average molecular weight is 403 g/mol. The molecule has 1 amide bonds. The number of hydrogen-bond donors (Lipinski definition) is 2. The molecule has 0 bridgehead atoms. The molecular formula is C18H17N3O4S2. The molecule has 0 aliphatic carbocycles. The first-order chi connectivity index (χ1) is 12.9. The van der Waals surface area contributed by atoms with Crippen molar-refractivity contribution in [2.24, 2.45) is 0 Å². The van der Waals surface area contributed by atoms with E-state index in [1.54, 1.807) is 24.3 Å². The minimum absolute atomic E-state index is 0.0371. The van der Waals surface area contributed by atoms with Crippen LogP contribution in [-0.4, -0.2) is 26.4 Å². The molecule has 0 saturated carbocycles. The monoisotopic (exact) mass is 403 g/mol. The fraction of sp³-hybridized carbons (Fsp3) is 0.111. The van der Waals surface area contributed by atoms with Gasteiger partial charge in [-0.15, -0.1) is 11.3 Å². The number of sulfonamides is 1. The summed E-state index contributed by atoms with van der Waals surface area (Å²) < 4.78 is 32.8. The lowest BCUT2D eigenvalue weighted by Gasteiger charge is -2.12. The van der Waals surface area contributed by atoms with Gasteiger partial charge in [-0.05, 0) is 43.3 Å². The number of carbonyl (C=O) groups excluding carboxylic acids is 1. The number of aryl methyl sites for hydroxylation is 1. The van der Waals surface area contributed by atoms with Gasteiger partial charge in [-0.25, -0.2) is 13.4 Å². The van der Waals surface area contributed by atoms with Crippen molar-refractivity contribution >= 4 is 38.1 Å². The van der Waals surface area contributed by atoms with Gasteiger partial charge >= 0.3 is 0 Å². The minimum atomic E-state index is -3.82. The highest BCUT2D eigenvalue weighted by Gasteiger charge is 2.17. The quantitative estimate of drug-likeness (QED) is 0.656. The van der Waals surface area contributed by atoms with Gasteiger partial charge in [0.25, 0.3) is 15.9 Å². The second kappa shape index (κ2) is 7.77. The van der Waals surface area contributed by atoms with Gasteiger partial charge in [0, 0.05) is 10.9 Å². The van der Waals surface area contributed by atoms with Gasteiger partial charge in [-0.3, -0.25) is 14.8 Å². The Morgan fingerprint density at radius 1 is 1.11 bits per heavy atom. The lowest BCUT2D eigenvalue weighted by atomic mass is 10.2. The number of thiazole rings is 1. The molecule has 0 radical (unpaired) electrons. The summed E-state index contributed by atoms with van der Waals surface area (Å²) in [7, 11) is -2.35. The molecule has 0 aliphatic heterocycles. The third kappa shape index (κ3) is 4.44. The Morgan fingerprint density at radius 3 is 2.44 bits per heavy atom. The van der Waals surface area contributed by atoms with Crippen LogP contribution < -0.4 is 14.8 Å². The van der Waals surface area contributed by atoms with E-state index in [9.17, 15) is 13.2 Å². The molecule has 1 aromatic heterocycles. The van der Waals surface area contributed by atoms with Crippen molar-refractivity contribution in [1.82, 2.24) is 4.98 Å². The third-order valence-electron chi connectivity index (χ3n) is 3.62. The SMILES string of the molecule is COc1ccccc1NS(=O)(=O)c1ccc(C(=O)Nc2nc(C)cs2)cc1. The molecule has 2 aromatic carbocycles. The van der Waals surface area contributed by atoms with Crippen molar-refractivity contribution in [3.8, 4) is 5.75 Å². The van der Waals surface area contributed by atoms with Gasteiger partial charge in [-0.2, -0.15) is 0 Å². The summed E-state index contributed by atoms with van der Waals surface area (Å²) >= 11 is 1.32. The predicted octanol–water partition coefficient (Wildman–Crippen LogP) is 3.51. The molecule has 0 fully saturated rings. The smallest absolute Gasteiger partial charge is 0.262 e. The Balaban J connectivity index is 1.76. The maximum Gasteiger partial charge on any atom is 0.262 e. The van der Waals surface area contributed by atoms with Crippen LogP contribution in [0.25, 0.3) is 0 Å². The zero-order chi connectivity index (χ0) is 19.4. The summed E-state index contributed by atoms with van der Waals surface area (Å²) in [6.07, 6.45) is 0. The van der Waals surface area contributed by atoms with Crippen LogP contribution in [0.2, 0.25) is 0 Å². The molecule has 0 aliphatic rings. The van der Waals surface area contributed by atoms with Gasteiger partial charge in [0.15, 0.2) is 5.13 Å². The highest BCUT2D eigenvalue weighted by molar-refractivity contribution is 7.92. The number of aromatic nitrogens is 1. The molecule has 0 spiro atoms. The highest BCUT2D eigenvalue weighted by atomic mass is 32.2. The summed E-state index contributed by atoms with van der Waals surface area (Å²) in [5.41, 5.74) is 1.49. The Bertz CT molecular complexity index is 1060. The average Bonchev–Trinajstić information content (AvgIpc) is 3.06. The minimum Gasteiger partial charge on any atom is -0.495 e. The van der Waals surface area contributed by atoms with Gasteiger partial charge in [-0.1, -0.05) is 12.1 Å². The molecule has 0 saturated heterocycles. The number of amides is 1.